The van der Waals surface area contributed by atoms with Gasteiger partial charge in [-0.3, -0.25) is 0 Å². The number of ether oxygens (including phenoxy) is 1. The Labute approximate surface area is 101 Å². The third-order valence-electron chi connectivity index (χ3n) is 2.84. The Hall–Kier alpha value is -1.40. The quantitative estimate of drug-likeness (QED) is 0.389. The van der Waals surface area contributed by atoms with Crippen LogP contribution in [-0.2, 0) is 4.74 Å². The summed E-state index contributed by atoms with van der Waals surface area (Å²) in [5.41, 5.74) is 3.56. The molecule has 0 saturated heterocycles. The largest absolute Gasteiger partial charge is 0.383 e. The lowest BCUT2D eigenvalue weighted by atomic mass is 10.3. The molecule has 0 aliphatic heterocycles. The van der Waals surface area contributed by atoms with Gasteiger partial charge in [-0.1, -0.05) is 0 Å². The van der Waals surface area contributed by atoms with Crippen molar-refractivity contribution >= 4 is 11.6 Å². The van der Waals surface area contributed by atoms with E-state index in [1.807, 2.05) is 6.92 Å². The van der Waals surface area contributed by atoms with E-state index in [4.69, 9.17) is 10.6 Å². The molecule has 1 saturated carbocycles. The molecule has 94 valence electrons. The van der Waals surface area contributed by atoms with E-state index in [2.05, 4.69) is 20.7 Å². The lowest BCUT2D eigenvalue weighted by Gasteiger charge is -2.13. The first-order valence-corrected chi connectivity index (χ1v) is 5.84. The van der Waals surface area contributed by atoms with Crippen molar-refractivity contribution in [2.24, 2.45) is 5.84 Å². The number of hydrazine groups is 1. The van der Waals surface area contributed by atoms with Gasteiger partial charge in [0.2, 0.25) is 0 Å². The molecule has 1 aliphatic rings. The second-order valence-electron chi connectivity index (χ2n) is 4.24. The van der Waals surface area contributed by atoms with Crippen molar-refractivity contribution in [2.75, 3.05) is 31.0 Å². The van der Waals surface area contributed by atoms with E-state index < -0.39 is 0 Å². The number of hydrogen-bond acceptors (Lipinski definition) is 6. The predicted molar refractivity (Wildman–Crippen MR) is 66.9 cm³/mol. The third kappa shape index (κ3) is 2.83. The molecular formula is C11H19N5O. The Kier molecular flexibility index (Phi) is 3.75. The zero-order valence-corrected chi connectivity index (χ0v) is 10.3. The monoisotopic (exact) mass is 237 g/mol. The lowest BCUT2D eigenvalue weighted by Crippen LogP contribution is -2.16. The van der Waals surface area contributed by atoms with E-state index in [1.54, 1.807) is 7.11 Å². The molecule has 0 amide bonds. The van der Waals surface area contributed by atoms with Crippen molar-refractivity contribution < 1.29 is 4.74 Å². The Morgan fingerprint density at radius 1 is 1.35 bits per heavy atom. The molecule has 0 atom stereocenters. The number of rotatable bonds is 6. The first-order chi connectivity index (χ1) is 8.26. The van der Waals surface area contributed by atoms with E-state index in [1.165, 1.54) is 12.8 Å². The summed E-state index contributed by atoms with van der Waals surface area (Å²) < 4.78 is 5.00. The van der Waals surface area contributed by atoms with Crippen LogP contribution in [0.25, 0.3) is 0 Å². The molecule has 6 heteroatoms. The zero-order valence-electron chi connectivity index (χ0n) is 10.3. The summed E-state index contributed by atoms with van der Waals surface area (Å²) in [5, 5.41) is 3.24. The van der Waals surface area contributed by atoms with Crippen LogP contribution in [0.2, 0.25) is 0 Å². The highest BCUT2D eigenvalue weighted by atomic mass is 16.5. The van der Waals surface area contributed by atoms with Gasteiger partial charge in [0.1, 0.15) is 17.5 Å². The molecule has 6 nitrogen and oxygen atoms in total. The van der Waals surface area contributed by atoms with Gasteiger partial charge in [-0.15, -0.1) is 0 Å². The molecule has 17 heavy (non-hydrogen) atoms. The van der Waals surface area contributed by atoms with E-state index in [0.717, 1.165) is 23.8 Å². The number of nitrogen functional groups attached to an aromatic ring is 1. The van der Waals surface area contributed by atoms with Crippen LogP contribution in [0.3, 0.4) is 0 Å². The highest BCUT2D eigenvalue weighted by Gasteiger charge is 2.28. The topological polar surface area (TPSA) is 85.1 Å². The van der Waals surface area contributed by atoms with E-state index >= 15 is 0 Å². The van der Waals surface area contributed by atoms with Crippen molar-refractivity contribution in [3.05, 3.63) is 11.4 Å². The molecule has 1 aliphatic carbocycles. The van der Waals surface area contributed by atoms with Gasteiger partial charge in [0.15, 0.2) is 0 Å². The van der Waals surface area contributed by atoms with Crippen LogP contribution in [0.5, 0.6) is 0 Å². The van der Waals surface area contributed by atoms with Crippen LogP contribution in [0.15, 0.2) is 0 Å². The van der Waals surface area contributed by atoms with Crippen molar-refractivity contribution in [1.82, 2.24) is 9.97 Å². The third-order valence-corrected chi connectivity index (χ3v) is 2.84. The maximum absolute atomic E-state index is 5.47. The molecule has 1 heterocycles. The van der Waals surface area contributed by atoms with Crippen LogP contribution in [0.1, 0.15) is 30.1 Å². The number of methoxy groups -OCH3 is 1. The van der Waals surface area contributed by atoms with E-state index in [9.17, 15) is 0 Å². The van der Waals surface area contributed by atoms with E-state index in [0.29, 0.717) is 18.3 Å². The highest BCUT2D eigenvalue weighted by Crippen LogP contribution is 2.39. The summed E-state index contributed by atoms with van der Waals surface area (Å²) >= 11 is 0. The summed E-state index contributed by atoms with van der Waals surface area (Å²) in [6.45, 7) is 3.32. The molecule has 4 N–H and O–H groups in total. The molecule has 2 rings (SSSR count). The standard InChI is InChI=1S/C11H19N5O/c1-7-9(13-5-6-17-2)14-11(8-3-4-8)15-10(7)16-12/h8H,3-6,12H2,1-2H3,(H2,13,14,15,16). The number of nitrogens with two attached hydrogens (primary N) is 1. The minimum absolute atomic E-state index is 0.505. The minimum atomic E-state index is 0.505. The van der Waals surface area contributed by atoms with Gasteiger partial charge in [0.25, 0.3) is 0 Å². The van der Waals surface area contributed by atoms with Gasteiger partial charge in [-0.05, 0) is 19.8 Å². The van der Waals surface area contributed by atoms with Crippen LogP contribution in [-0.4, -0.2) is 30.2 Å². The first kappa shape index (κ1) is 12.1. The second kappa shape index (κ2) is 5.29. The fourth-order valence-corrected chi connectivity index (χ4v) is 1.64. The summed E-state index contributed by atoms with van der Waals surface area (Å²) in [6.07, 6.45) is 2.34. The Balaban J connectivity index is 2.18. The number of aromatic nitrogens is 2. The van der Waals surface area contributed by atoms with Gasteiger partial charge in [0, 0.05) is 25.1 Å². The second-order valence-corrected chi connectivity index (χ2v) is 4.24. The molecular weight excluding hydrogens is 218 g/mol. The zero-order chi connectivity index (χ0) is 12.3. The Morgan fingerprint density at radius 2 is 2.06 bits per heavy atom. The predicted octanol–water partition coefficient (Wildman–Crippen LogP) is 1.01. The Morgan fingerprint density at radius 3 is 2.65 bits per heavy atom. The normalized spacial score (nSPS) is 14.8. The molecule has 1 aromatic heterocycles. The summed E-state index contributed by atoms with van der Waals surface area (Å²) in [7, 11) is 1.68. The van der Waals surface area contributed by atoms with Gasteiger partial charge >= 0.3 is 0 Å². The van der Waals surface area contributed by atoms with Crippen LogP contribution < -0.4 is 16.6 Å². The van der Waals surface area contributed by atoms with Gasteiger partial charge in [0.05, 0.1) is 6.61 Å². The molecule has 0 radical (unpaired) electrons. The summed E-state index contributed by atoms with van der Waals surface area (Å²) in [5.74, 6) is 8.39. The number of hydrogen-bond donors (Lipinski definition) is 3. The maximum Gasteiger partial charge on any atom is 0.148 e. The van der Waals surface area contributed by atoms with Gasteiger partial charge in [-0.25, -0.2) is 15.8 Å². The minimum Gasteiger partial charge on any atom is -0.383 e. The van der Waals surface area contributed by atoms with Crippen LogP contribution >= 0.6 is 0 Å². The molecule has 1 aromatic rings. The fourth-order valence-electron chi connectivity index (χ4n) is 1.64. The summed E-state index contributed by atoms with van der Waals surface area (Å²) in [4.78, 5) is 8.96. The average Bonchev–Trinajstić information content (AvgIpc) is 3.15. The number of nitrogens with zero attached hydrogens (tertiary/aromatic N) is 2. The number of anilines is 2. The lowest BCUT2D eigenvalue weighted by molar-refractivity contribution is 0.210. The van der Waals surface area contributed by atoms with Gasteiger partial charge < -0.3 is 15.5 Å². The number of nitrogens with one attached hydrogen (secondary N) is 2. The van der Waals surface area contributed by atoms with Crippen LogP contribution in [0.4, 0.5) is 11.6 Å². The van der Waals surface area contributed by atoms with Crippen LogP contribution in [0, 0.1) is 6.92 Å². The van der Waals surface area contributed by atoms with Gasteiger partial charge in [-0.2, -0.15) is 0 Å². The highest BCUT2D eigenvalue weighted by molar-refractivity contribution is 5.57. The Bertz CT molecular complexity index is 392. The van der Waals surface area contributed by atoms with Crippen molar-refractivity contribution in [2.45, 2.75) is 25.7 Å². The molecule has 0 aromatic carbocycles. The van der Waals surface area contributed by atoms with E-state index in [-0.39, 0.29) is 0 Å². The maximum atomic E-state index is 5.47. The van der Waals surface area contributed by atoms with Crippen molar-refractivity contribution in [3.63, 3.8) is 0 Å². The fraction of sp³-hybridized carbons (Fsp3) is 0.636. The molecule has 1 fully saturated rings. The average molecular weight is 237 g/mol. The molecule has 0 unspecified atom stereocenters. The van der Waals surface area contributed by atoms with Crippen molar-refractivity contribution in [1.29, 1.82) is 0 Å². The first-order valence-electron chi connectivity index (χ1n) is 5.84. The summed E-state index contributed by atoms with van der Waals surface area (Å²) in [6, 6.07) is 0. The smallest absolute Gasteiger partial charge is 0.148 e. The molecule has 0 bridgehead atoms. The van der Waals surface area contributed by atoms with Crippen molar-refractivity contribution in [3.8, 4) is 0 Å². The molecule has 0 spiro atoms. The SMILES string of the molecule is COCCNc1nc(C2CC2)nc(NN)c1C.